The Labute approximate surface area is 122 Å². The van der Waals surface area contributed by atoms with E-state index in [1.165, 1.54) is 0 Å². The number of anilines is 3. The summed E-state index contributed by atoms with van der Waals surface area (Å²) in [6, 6.07) is 7.55. The molecule has 0 saturated heterocycles. The van der Waals surface area contributed by atoms with Crippen LogP contribution >= 0.6 is 11.6 Å². The molecule has 1 aromatic carbocycles. The fourth-order valence-corrected chi connectivity index (χ4v) is 1.71. The van der Waals surface area contributed by atoms with Crippen LogP contribution in [0.4, 0.5) is 17.6 Å². The Morgan fingerprint density at radius 3 is 2.75 bits per heavy atom. The molecule has 0 bridgehead atoms. The van der Waals surface area contributed by atoms with Crippen molar-refractivity contribution < 1.29 is 4.74 Å². The molecular formula is C13H16ClN5O. The molecule has 1 N–H and O–H groups in total. The van der Waals surface area contributed by atoms with E-state index in [4.69, 9.17) is 16.3 Å². The number of aromatic nitrogens is 3. The number of ether oxygens (including phenoxy) is 1. The highest BCUT2D eigenvalue weighted by molar-refractivity contribution is 6.28. The molecule has 2 aromatic rings. The van der Waals surface area contributed by atoms with E-state index in [1.807, 2.05) is 45.3 Å². The first-order chi connectivity index (χ1) is 9.58. The van der Waals surface area contributed by atoms with E-state index in [0.29, 0.717) is 18.5 Å². The zero-order chi connectivity index (χ0) is 14.5. The zero-order valence-corrected chi connectivity index (χ0v) is 12.3. The molecule has 20 heavy (non-hydrogen) atoms. The first kappa shape index (κ1) is 14.3. The average Bonchev–Trinajstić information content (AvgIpc) is 2.38. The van der Waals surface area contributed by atoms with Gasteiger partial charge in [-0.25, -0.2) is 0 Å². The Morgan fingerprint density at radius 1 is 1.25 bits per heavy atom. The molecule has 0 spiro atoms. The van der Waals surface area contributed by atoms with Crippen molar-refractivity contribution in [2.24, 2.45) is 0 Å². The minimum Gasteiger partial charge on any atom is -0.494 e. The fraction of sp³-hybridized carbons (Fsp3) is 0.308. The Morgan fingerprint density at radius 2 is 2.05 bits per heavy atom. The highest BCUT2D eigenvalue weighted by Gasteiger charge is 2.07. The molecule has 0 atom stereocenters. The molecule has 0 radical (unpaired) electrons. The third kappa shape index (κ3) is 3.71. The number of hydrogen-bond acceptors (Lipinski definition) is 6. The highest BCUT2D eigenvalue weighted by atomic mass is 35.5. The second kappa shape index (κ2) is 6.38. The molecule has 0 amide bonds. The van der Waals surface area contributed by atoms with Gasteiger partial charge in [0.2, 0.25) is 17.2 Å². The summed E-state index contributed by atoms with van der Waals surface area (Å²) < 4.78 is 5.44. The Balaban J connectivity index is 2.23. The predicted molar refractivity (Wildman–Crippen MR) is 80.1 cm³/mol. The molecule has 1 heterocycles. The first-order valence-electron chi connectivity index (χ1n) is 6.17. The van der Waals surface area contributed by atoms with Crippen molar-refractivity contribution in [1.82, 2.24) is 15.0 Å². The molecule has 0 saturated carbocycles. The largest absolute Gasteiger partial charge is 0.494 e. The Kier molecular flexibility index (Phi) is 4.57. The summed E-state index contributed by atoms with van der Waals surface area (Å²) in [5.74, 6) is 1.67. The fourth-order valence-electron chi connectivity index (χ4n) is 1.55. The van der Waals surface area contributed by atoms with Crippen LogP contribution in [-0.2, 0) is 0 Å². The summed E-state index contributed by atoms with van der Waals surface area (Å²) in [6.07, 6.45) is 0. The molecule has 0 fully saturated rings. The number of nitrogens with one attached hydrogen (secondary N) is 1. The quantitative estimate of drug-likeness (QED) is 0.914. The normalized spacial score (nSPS) is 10.2. The van der Waals surface area contributed by atoms with Gasteiger partial charge >= 0.3 is 0 Å². The van der Waals surface area contributed by atoms with E-state index < -0.39 is 0 Å². The molecular weight excluding hydrogens is 278 g/mol. The van der Waals surface area contributed by atoms with E-state index >= 15 is 0 Å². The Bertz CT molecular complexity index is 591. The van der Waals surface area contributed by atoms with Gasteiger partial charge in [0.1, 0.15) is 5.75 Å². The van der Waals surface area contributed by atoms with E-state index in [-0.39, 0.29) is 5.28 Å². The Hall–Kier alpha value is -2.08. The predicted octanol–water partition coefficient (Wildman–Crippen LogP) is 2.73. The summed E-state index contributed by atoms with van der Waals surface area (Å²) >= 11 is 5.89. The van der Waals surface area contributed by atoms with E-state index in [9.17, 15) is 0 Å². The van der Waals surface area contributed by atoms with Crippen molar-refractivity contribution in [2.45, 2.75) is 6.92 Å². The van der Waals surface area contributed by atoms with Crippen LogP contribution in [0.25, 0.3) is 0 Å². The SMILES string of the molecule is CCOc1cccc(Nc2nc(Cl)nc(N(C)C)n2)c1. The standard InChI is InChI=1S/C13H16ClN5O/c1-4-20-10-7-5-6-9(8-10)15-12-16-11(14)17-13(18-12)19(2)3/h5-8H,4H2,1-3H3,(H,15,16,17,18). The van der Waals surface area contributed by atoms with E-state index in [0.717, 1.165) is 11.4 Å². The monoisotopic (exact) mass is 293 g/mol. The van der Waals surface area contributed by atoms with Crippen LogP contribution in [0.3, 0.4) is 0 Å². The summed E-state index contributed by atoms with van der Waals surface area (Å²) in [6.45, 7) is 2.56. The van der Waals surface area contributed by atoms with E-state index in [2.05, 4.69) is 20.3 Å². The summed E-state index contributed by atoms with van der Waals surface area (Å²) in [4.78, 5) is 14.1. The van der Waals surface area contributed by atoms with Gasteiger partial charge in [-0.2, -0.15) is 15.0 Å². The van der Waals surface area contributed by atoms with Crippen molar-refractivity contribution >= 4 is 29.2 Å². The number of benzene rings is 1. The lowest BCUT2D eigenvalue weighted by Crippen LogP contribution is -2.14. The van der Waals surface area contributed by atoms with Gasteiger partial charge in [0, 0.05) is 25.8 Å². The molecule has 106 valence electrons. The first-order valence-corrected chi connectivity index (χ1v) is 6.55. The third-order valence-electron chi connectivity index (χ3n) is 2.40. The number of halogens is 1. The van der Waals surface area contributed by atoms with Crippen LogP contribution in [0.1, 0.15) is 6.92 Å². The maximum Gasteiger partial charge on any atom is 0.233 e. The van der Waals surface area contributed by atoms with Gasteiger partial charge in [0.15, 0.2) is 0 Å². The van der Waals surface area contributed by atoms with Crippen molar-refractivity contribution in [3.05, 3.63) is 29.5 Å². The van der Waals surface area contributed by atoms with Crippen molar-refractivity contribution in [3.63, 3.8) is 0 Å². The molecule has 0 aliphatic heterocycles. The van der Waals surface area contributed by atoms with Crippen LogP contribution in [0.15, 0.2) is 24.3 Å². The van der Waals surface area contributed by atoms with Gasteiger partial charge < -0.3 is 15.0 Å². The van der Waals surface area contributed by atoms with Crippen LogP contribution in [0.5, 0.6) is 5.75 Å². The smallest absolute Gasteiger partial charge is 0.233 e. The minimum atomic E-state index is 0.146. The zero-order valence-electron chi connectivity index (χ0n) is 11.6. The number of hydrogen-bond donors (Lipinski definition) is 1. The van der Waals surface area contributed by atoms with Crippen molar-refractivity contribution in [2.75, 3.05) is 30.9 Å². The van der Waals surface area contributed by atoms with Crippen LogP contribution in [-0.4, -0.2) is 35.7 Å². The summed E-state index contributed by atoms with van der Waals surface area (Å²) in [7, 11) is 3.68. The molecule has 7 heteroatoms. The lowest BCUT2D eigenvalue weighted by molar-refractivity contribution is 0.340. The summed E-state index contributed by atoms with van der Waals surface area (Å²) in [5, 5.41) is 3.23. The number of rotatable bonds is 5. The van der Waals surface area contributed by atoms with Gasteiger partial charge in [-0.3, -0.25) is 0 Å². The van der Waals surface area contributed by atoms with E-state index in [1.54, 1.807) is 4.90 Å². The molecule has 0 unspecified atom stereocenters. The van der Waals surface area contributed by atoms with Gasteiger partial charge in [-0.15, -0.1) is 0 Å². The van der Waals surface area contributed by atoms with Gasteiger partial charge in [0.05, 0.1) is 6.61 Å². The molecule has 0 aliphatic carbocycles. The lowest BCUT2D eigenvalue weighted by Gasteiger charge is -2.12. The summed E-state index contributed by atoms with van der Waals surface area (Å²) in [5.41, 5.74) is 0.822. The maximum atomic E-state index is 5.89. The third-order valence-corrected chi connectivity index (χ3v) is 2.57. The van der Waals surface area contributed by atoms with Crippen molar-refractivity contribution in [1.29, 1.82) is 0 Å². The van der Waals surface area contributed by atoms with Crippen LogP contribution in [0.2, 0.25) is 5.28 Å². The molecule has 6 nitrogen and oxygen atoms in total. The minimum absolute atomic E-state index is 0.146. The van der Waals surface area contributed by atoms with Gasteiger partial charge in [0.25, 0.3) is 0 Å². The van der Waals surface area contributed by atoms with Crippen LogP contribution < -0.4 is 15.0 Å². The molecule has 2 rings (SSSR count). The average molecular weight is 294 g/mol. The lowest BCUT2D eigenvalue weighted by atomic mass is 10.3. The van der Waals surface area contributed by atoms with Crippen LogP contribution in [0, 0.1) is 0 Å². The topological polar surface area (TPSA) is 63.2 Å². The van der Waals surface area contributed by atoms with Gasteiger partial charge in [-0.05, 0) is 30.7 Å². The highest BCUT2D eigenvalue weighted by Crippen LogP contribution is 2.21. The second-order valence-corrected chi connectivity index (χ2v) is 4.55. The molecule has 1 aromatic heterocycles. The maximum absolute atomic E-state index is 5.89. The number of nitrogens with zero attached hydrogens (tertiary/aromatic N) is 4. The van der Waals surface area contributed by atoms with Gasteiger partial charge in [-0.1, -0.05) is 6.07 Å². The van der Waals surface area contributed by atoms with Crippen molar-refractivity contribution in [3.8, 4) is 5.75 Å². The molecule has 0 aliphatic rings. The second-order valence-electron chi connectivity index (χ2n) is 4.21.